The number of carbonyl (C=O) groups excluding carboxylic acids is 2. The molecule has 0 saturated carbocycles. The molecule has 4 N–H and O–H groups in total. The number of aliphatic hydroxyl groups is 1. The van der Waals surface area contributed by atoms with Crippen molar-refractivity contribution in [2.75, 3.05) is 0 Å². The average molecular weight is 380 g/mol. The van der Waals surface area contributed by atoms with Crippen molar-refractivity contribution in [1.82, 2.24) is 10.8 Å². The Kier molecular flexibility index (Phi) is 7.29. The zero-order valence-electron chi connectivity index (χ0n) is 14.9. The molecule has 2 aromatic rings. The summed E-state index contributed by atoms with van der Waals surface area (Å²) in [4.78, 5) is 23.6. The van der Waals surface area contributed by atoms with Crippen LogP contribution in [0, 0.1) is 29.5 Å². The Hall–Kier alpha value is -3.65. The van der Waals surface area contributed by atoms with Gasteiger partial charge in [-0.3, -0.25) is 14.8 Å². The maximum Gasteiger partial charge on any atom is 0.268 e. The SMILES string of the molecule is C[C@@H](O)[C@H](NC(=O)c1ccc(C#CC#Cc2ccc(F)cc2)cc1)C(=O)NO. The lowest BCUT2D eigenvalue weighted by molar-refractivity contribution is -0.133. The van der Waals surface area contributed by atoms with Crippen LogP contribution >= 0.6 is 0 Å². The highest BCUT2D eigenvalue weighted by Crippen LogP contribution is 2.05. The standard InChI is InChI=1S/C21H17FN2O4/c1-14(25)19(21(27)24-28)23-20(26)17-10-6-15(7-11-17)4-2-3-5-16-8-12-18(22)13-9-16/h6-14,19,25,28H,1H3,(H,23,26)(H,24,27)/t14-,19+/m1/s1. The molecule has 0 unspecified atom stereocenters. The van der Waals surface area contributed by atoms with E-state index in [9.17, 15) is 19.1 Å². The van der Waals surface area contributed by atoms with Crippen LogP contribution in [-0.4, -0.2) is 34.3 Å². The molecule has 0 bridgehead atoms. The van der Waals surface area contributed by atoms with Gasteiger partial charge in [-0.25, -0.2) is 9.87 Å². The van der Waals surface area contributed by atoms with E-state index in [1.807, 2.05) is 0 Å². The van der Waals surface area contributed by atoms with Crippen molar-refractivity contribution >= 4 is 11.8 Å². The second-order valence-electron chi connectivity index (χ2n) is 5.75. The largest absolute Gasteiger partial charge is 0.391 e. The first kappa shape index (κ1) is 20.7. The first-order valence-electron chi connectivity index (χ1n) is 8.21. The van der Waals surface area contributed by atoms with Crippen LogP contribution in [0.4, 0.5) is 4.39 Å². The third-order valence-corrected chi connectivity index (χ3v) is 3.63. The van der Waals surface area contributed by atoms with Crippen LogP contribution in [0.1, 0.15) is 28.4 Å². The van der Waals surface area contributed by atoms with E-state index in [1.54, 1.807) is 24.3 Å². The molecule has 2 rings (SSSR count). The normalized spacial score (nSPS) is 11.7. The van der Waals surface area contributed by atoms with E-state index < -0.39 is 24.0 Å². The Morgan fingerprint density at radius 2 is 1.46 bits per heavy atom. The highest BCUT2D eigenvalue weighted by atomic mass is 19.1. The van der Waals surface area contributed by atoms with E-state index in [0.717, 1.165) is 0 Å². The Morgan fingerprint density at radius 3 is 1.93 bits per heavy atom. The fraction of sp³-hybridized carbons (Fsp3) is 0.143. The molecule has 0 aliphatic carbocycles. The summed E-state index contributed by atoms with van der Waals surface area (Å²) in [6.07, 6.45) is -1.19. The Morgan fingerprint density at radius 1 is 0.964 bits per heavy atom. The van der Waals surface area contributed by atoms with Gasteiger partial charge in [0.25, 0.3) is 11.8 Å². The minimum atomic E-state index is -1.29. The number of halogens is 1. The summed E-state index contributed by atoms with van der Waals surface area (Å²) in [5.41, 5.74) is 2.90. The van der Waals surface area contributed by atoms with Crippen molar-refractivity contribution in [2.24, 2.45) is 0 Å². The predicted octanol–water partition coefficient (Wildman–Crippen LogP) is 1.21. The summed E-state index contributed by atoms with van der Waals surface area (Å²) < 4.78 is 12.8. The van der Waals surface area contributed by atoms with Crippen molar-refractivity contribution in [1.29, 1.82) is 0 Å². The van der Waals surface area contributed by atoms with Crippen molar-refractivity contribution < 1.29 is 24.3 Å². The number of carbonyl (C=O) groups is 2. The fourth-order valence-electron chi connectivity index (χ4n) is 2.14. The number of hydrogen-bond donors (Lipinski definition) is 4. The highest BCUT2D eigenvalue weighted by molar-refractivity contribution is 5.97. The molecular formula is C21H17FN2O4. The predicted molar refractivity (Wildman–Crippen MR) is 99.5 cm³/mol. The zero-order valence-corrected chi connectivity index (χ0v) is 14.9. The third kappa shape index (κ3) is 5.96. The molecule has 7 heteroatoms. The van der Waals surface area contributed by atoms with Crippen molar-refractivity contribution in [3.8, 4) is 23.7 Å². The maximum atomic E-state index is 12.8. The Balaban J connectivity index is 2.03. The first-order chi connectivity index (χ1) is 13.4. The summed E-state index contributed by atoms with van der Waals surface area (Å²) >= 11 is 0. The molecule has 0 spiro atoms. The lowest BCUT2D eigenvalue weighted by Crippen LogP contribution is -2.51. The summed E-state index contributed by atoms with van der Waals surface area (Å²) in [6.45, 7) is 1.31. The van der Waals surface area contributed by atoms with Gasteiger partial charge in [-0.05, 0) is 67.3 Å². The van der Waals surface area contributed by atoms with Gasteiger partial charge in [0.15, 0.2) is 0 Å². The summed E-state index contributed by atoms with van der Waals surface area (Å²) in [6, 6.07) is 10.6. The molecule has 6 nitrogen and oxygen atoms in total. The molecule has 2 amide bonds. The van der Waals surface area contributed by atoms with Crippen LogP contribution in [0.25, 0.3) is 0 Å². The second-order valence-corrected chi connectivity index (χ2v) is 5.75. The van der Waals surface area contributed by atoms with E-state index in [-0.39, 0.29) is 11.4 Å². The number of hydroxylamine groups is 1. The topological polar surface area (TPSA) is 98.7 Å². The molecule has 0 fully saturated rings. The molecule has 2 atom stereocenters. The lowest BCUT2D eigenvalue weighted by Gasteiger charge is -2.19. The summed E-state index contributed by atoms with van der Waals surface area (Å²) in [5.74, 6) is 9.06. The van der Waals surface area contributed by atoms with Gasteiger partial charge < -0.3 is 10.4 Å². The minimum Gasteiger partial charge on any atom is -0.391 e. The molecule has 0 radical (unpaired) electrons. The lowest BCUT2D eigenvalue weighted by atomic mass is 10.1. The number of benzene rings is 2. The van der Waals surface area contributed by atoms with Crippen LogP contribution < -0.4 is 10.8 Å². The fourth-order valence-corrected chi connectivity index (χ4v) is 2.14. The highest BCUT2D eigenvalue weighted by Gasteiger charge is 2.25. The van der Waals surface area contributed by atoms with Gasteiger partial charge in [0.1, 0.15) is 11.9 Å². The first-order valence-corrected chi connectivity index (χ1v) is 8.21. The third-order valence-electron chi connectivity index (χ3n) is 3.63. The van der Waals surface area contributed by atoms with Gasteiger partial charge in [-0.1, -0.05) is 11.8 Å². The monoisotopic (exact) mass is 380 g/mol. The minimum absolute atomic E-state index is 0.249. The van der Waals surface area contributed by atoms with Crippen LogP contribution in [0.2, 0.25) is 0 Å². The van der Waals surface area contributed by atoms with Crippen LogP contribution in [0.3, 0.4) is 0 Å². The number of hydrogen-bond acceptors (Lipinski definition) is 4. The van der Waals surface area contributed by atoms with Gasteiger partial charge in [-0.2, -0.15) is 0 Å². The maximum absolute atomic E-state index is 12.8. The van der Waals surface area contributed by atoms with Gasteiger partial charge in [0.05, 0.1) is 6.10 Å². The summed E-state index contributed by atoms with van der Waals surface area (Å²) in [5, 5.41) is 20.5. The quantitative estimate of drug-likeness (QED) is 0.364. The van der Waals surface area contributed by atoms with Gasteiger partial charge in [-0.15, -0.1) is 0 Å². The van der Waals surface area contributed by atoms with Crippen molar-refractivity contribution in [3.63, 3.8) is 0 Å². The van der Waals surface area contributed by atoms with Gasteiger partial charge in [0, 0.05) is 16.7 Å². The van der Waals surface area contributed by atoms with Crippen molar-refractivity contribution in [2.45, 2.75) is 19.1 Å². The van der Waals surface area contributed by atoms with E-state index in [0.29, 0.717) is 11.1 Å². The van der Waals surface area contributed by atoms with Gasteiger partial charge >= 0.3 is 0 Å². The number of rotatable bonds is 4. The van der Waals surface area contributed by atoms with E-state index in [4.69, 9.17) is 5.21 Å². The van der Waals surface area contributed by atoms with Crippen molar-refractivity contribution in [3.05, 3.63) is 71.0 Å². The number of amides is 2. The van der Waals surface area contributed by atoms with Crippen LogP contribution in [-0.2, 0) is 4.79 Å². The smallest absolute Gasteiger partial charge is 0.268 e. The molecule has 0 aliphatic rings. The average Bonchev–Trinajstić information content (AvgIpc) is 2.70. The van der Waals surface area contributed by atoms with E-state index in [2.05, 4.69) is 29.0 Å². The van der Waals surface area contributed by atoms with Crippen LogP contribution in [0.5, 0.6) is 0 Å². The molecule has 0 saturated heterocycles. The molecule has 0 aromatic heterocycles. The Labute approximate surface area is 161 Å². The number of aliphatic hydroxyl groups excluding tert-OH is 1. The number of nitrogens with one attached hydrogen (secondary N) is 2. The van der Waals surface area contributed by atoms with E-state index >= 15 is 0 Å². The Bertz CT molecular complexity index is 962. The second kappa shape index (κ2) is 9.89. The molecule has 2 aromatic carbocycles. The molecule has 0 aliphatic heterocycles. The molecule has 0 heterocycles. The zero-order chi connectivity index (χ0) is 20.5. The molecular weight excluding hydrogens is 363 g/mol. The van der Waals surface area contributed by atoms with Gasteiger partial charge in [0.2, 0.25) is 0 Å². The molecule has 28 heavy (non-hydrogen) atoms. The van der Waals surface area contributed by atoms with Crippen LogP contribution in [0.15, 0.2) is 48.5 Å². The molecule has 142 valence electrons. The van der Waals surface area contributed by atoms with E-state index in [1.165, 1.54) is 36.7 Å². The summed E-state index contributed by atoms with van der Waals surface area (Å²) in [7, 11) is 0.